The first-order valence-electron chi connectivity index (χ1n) is 6.24. The van der Waals surface area contributed by atoms with Gasteiger partial charge in [-0.25, -0.2) is 4.98 Å². The highest BCUT2D eigenvalue weighted by Crippen LogP contribution is 2.14. The number of hydrogen-bond donors (Lipinski definition) is 2. The van der Waals surface area contributed by atoms with Crippen LogP contribution in [0.1, 0.15) is 5.82 Å². The summed E-state index contributed by atoms with van der Waals surface area (Å²) in [6.07, 6.45) is 2.34. The molecular weight excluding hydrogens is 278 g/mol. The molecule has 0 unspecified atom stereocenters. The number of anilines is 1. The van der Waals surface area contributed by atoms with Gasteiger partial charge in [-0.1, -0.05) is 17.7 Å². The number of amides is 1. The van der Waals surface area contributed by atoms with Gasteiger partial charge in [0.25, 0.3) is 0 Å². The molecule has 0 aliphatic carbocycles. The second kappa shape index (κ2) is 7.02. The van der Waals surface area contributed by atoms with Crippen LogP contribution < -0.4 is 10.6 Å². The lowest BCUT2D eigenvalue weighted by Gasteiger charge is -2.06. The topological polar surface area (TPSA) is 71.8 Å². The predicted molar refractivity (Wildman–Crippen MR) is 77.7 cm³/mol. The quantitative estimate of drug-likeness (QED) is 0.786. The third-order valence-corrected chi connectivity index (χ3v) is 2.80. The number of nitrogens with zero attached hydrogens (tertiary/aromatic N) is 3. The lowest BCUT2D eigenvalue weighted by molar-refractivity contribution is -0.115. The van der Waals surface area contributed by atoms with E-state index in [9.17, 15) is 4.79 Å². The minimum Gasteiger partial charge on any atom is -0.325 e. The lowest BCUT2D eigenvalue weighted by Crippen LogP contribution is -2.29. The summed E-state index contributed by atoms with van der Waals surface area (Å²) in [5.41, 5.74) is 0.690. The van der Waals surface area contributed by atoms with Gasteiger partial charge in [0.15, 0.2) is 5.82 Å². The van der Waals surface area contributed by atoms with E-state index in [1.54, 1.807) is 35.3 Å². The van der Waals surface area contributed by atoms with Crippen molar-refractivity contribution >= 4 is 23.2 Å². The lowest BCUT2D eigenvalue weighted by atomic mass is 10.3. The van der Waals surface area contributed by atoms with E-state index >= 15 is 0 Å². The molecule has 2 aromatic rings. The molecule has 0 saturated heterocycles. The van der Waals surface area contributed by atoms with Crippen LogP contribution in [0.15, 0.2) is 30.6 Å². The van der Waals surface area contributed by atoms with Gasteiger partial charge in [-0.15, -0.1) is 0 Å². The molecule has 0 bridgehead atoms. The van der Waals surface area contributed by atoms with Crippen molar-refractivity contribution in [1.29, 1.82) is 0 Å². The van der Waals surface area contributed by atoms with Crippen LogP contribution in [-0.2, 0) is 18.3 Å². The molecule has 1 amide bonds. The minimum absolute atomic E-state index is 0.110. The van der Waals surface area contributed by atoms with Gasteiger partial charge in [-0.3, -0.25) is 9.48 Å². The minimum atomic E-state index is -0.110. The largest absolute Gasteiger partial charge is 0.325 e. The predicted octanol–water partition coefficient (Wildman–Crippen LogP) is 1.24. The summed E-state index contributed by atoms with van der Waals surface area (Å²) in [7, 11) is 1.82. The SMILES string of the molecule is Cn1cnc(CCNCC(=O)Nc2cccc(Cl)c2)n1. The van der Waals surface area contributed by atoms with Crippen molar-refractivity contribution in [3.63, 3.8) is 0 Å². The van der Waals surface area contributed by atoms with Gasteiger partial charge in [0.1, 0.15) is 6.33 Å². The highest BCUT2D eigenvalue weighted by molar-refractivity contribution is 6.30. The van der Waals surface area contributed by atoms with Gasteiger partial charge in [0.05, 0.1) is 6.54 Å². The first kappa shape index (κ1) is 14.5. The maximum atomic E-state index is 11.7. The van der Waals surface area contributed by atoms with Crippen LogP contribution in [0, 0.1) is 0 Å². The second-order valence-corrected chi connectivity index (χ2v) is 4.76. The maximum Gasteiger partial charge on any atom is 0.238 e. The molecule has 6 nitrogen and oxygen atoms in total. The fraction of sp³-hybridized carbons (Fsp3) is 0.308. The molecule has 0 saturated carbocycles. The Morgan fingerprint density at radius 2 is 2.30 bits per heavy atom. The van der Waals surface area contributed by atoms with Crippen LogP contribution in [-0.4, -0.2) is 33.8 Å². The number of nitrogens with one attached hydrogen (secondary N) is 2. The number of halogens is 1. The van der Waals surface area contributed by atoms with Crippen molar-refractivity contribution in [1.82, 2.24) is 20.1 Å². The number of carbonyl (C=O) groups excluding carboxylic acids is 1. The molecule has 2 N–H and O–H groups in total. The van der Waals surface area contributed by atoms with Crippen LogP contribution in [0.2, 0.25) is 5.02 Å². The van der Waals surface area contributed by atoms with Crippen molar-refractivity contribution in [3.05, 3.63) is 41.4 Å². The number of aryl methyl sites for hydroxylation is 1. The molecule has 0 spiro atoms. The Morgan fingerprint density at radius 1 is 1.45 bits per heavy atom. The average molecular weight is 294 g/mol. The molecule has 106 valence electrons. The zero-order chi connectivity index (χ0) is 14.4. The summed E-state index contributed by atoms with van der Waals surface area (Å²) in [5.74, 6) is 0.650. The van der Waals surface area contributed by atoms with Gasteiger partial charge >= 0.3 is 0 Å². The van der Waals surface area contributed by atoms with Crippen molar-refractivity contribution in [2.24, 2.45) is 7.05 Å². The first-order valence-corrected chi connectivity index (χ1v) is 6.62. The molecule has 2 rings (SSSR count). The van der Waals surface area contributed by atoms with E-state index in [1.165, 1.54) is 0 Å². The number of aromatic nitrogens is 3. The van der Waals surface area contributed by atoms with Gasteiger partial charge in [0.2, 0.25) is 5.91 Å². The Balaban J connectivity index is 1.67. The highest BCUT2D eigenvalue weighted by Gasteiger charge is 2.03. The third kappa shape index (κ3) is 4.64. The number of hydrogen-bond acceptors (Lipinski definition) is 4. The van der Waals surface area contributed by atoms with Crippen molar-refractivity contribution in [3.8, 4) is 0 Å². The molecule has 20 heavy (non-hydrogen) atoms. The molecule has 0 atom stereocenters. The zero-order valence-electron chi connectivity index (χ0n) is 11.1. The Bertz CT molecular complexity index is 584. The summed E-state index contributed by atoms with van der Waals surface area (Å²) >= 11 is 5.84. The molecular formula is C13H16ClN5O. The first-order chi connectivity index (χ1) is 9.63. The van der Waals surface area contributed by atoms with Crippen molar-refractivity contribution in [2.75, 3.05) is 18.4 Å². The van der Waals surface area contributed by atoms with E-state index in [0.29, 0.717) is 23.7 Å². The normalized spacial score (nSPS) is 10.5. The Labute approximate surface area is 122 Å². The molecule has 1 aromatic carbocycles. The highest BCUT2D eigenvalue weighted by atomic mass is 35.5. The summed E-state index contributed by atoms with van der Waals surface area (Å²) in [4.78, 5) is 15.8. The third-order valence-electron chi connectivity index (χ3n) is 2.57. The van der Waals surface area contributed by atoms with E-state index in [1.807, 2.05) is 7.05 Å². The van der Waals surface area contributed by atoms with Gasteiger partial charge in [0, 0.05) is 30.7 Å². The van der Waals surface area contributed by atoms with Crippen LogP contribution in [0.25, 0.3) is 0 Å². The van der Waals surface area contributed by atoms with Gasteiger partial charge in [-0.05, 0) is 18.2 Å². The van der Waals surface area contributed by atoms with Crippen molar-refractivity contribution < 1.29 is 4.79 Å². The molecule has 0 aliphatic rings. The van der Waals surface area contributed by atoms with E-state index in [-0.39, 0.29) is 12.5 Å². The molecule has 0 aliphatic heterocycles. The Kier molecular flexibility index (Phi) is 5.09. The smallest absolute Gasteiger partial charge is 0.238 e. The summed E-state index contributed by atoms with van der Waals surface area (Å²) in [5, 5.41) is 10.6. The average Bonchev–Trinajstić information content (AvgIpc) is 2.80. The van der Waals surface area contributed by atoms with Crippen molar-refractivity contribution in [2.45, 2.75) is 6.42 Å². The Morgan fingerprint density at radius 3 is 3.00 bits per heavy atom. The molecule has 1 heterocycles. The molecule has 0 radical (unpaired) electrons. The summed E-state index contributed by atoms with van der Waals surface area (Å²) in [6.45, 7) is 0.881. The molecule has 1 aromatic heterocycles. The molecule has 7 heteroatoms. The van der Waals surface area contributed by atoms with Gasteiger partial charge in [-0.2, -0.15) is 5.10 Å². The molecule has 0 fully saturated rings. The van der Waals surface area contributed by atoms with E-state index in [4.69, 9.17) is 11.6 Å². The Hall–Kier alpha value is -1.92. The summed E-state index contributed by atoms with van der Waals surface area (Å²) in [6, 6.07) is 7.05. The summed E-state index contributed by atoms with van der Waals surface area (Å²) < 4.78 is 1.65. The fourth-order valence-electron chi connectivity index (χ4n) is 1.67. The van der Waals surface area contributed by atoms with Crippen LogP contribution in [0.3, 0.4) is 0 Å². The van der Waals surface area contributed by atoms with Crippen LogP contribution in [0.4, 0.5) is 5.69 Å². The number of benzene rings is 1. The number of carbonyl (C=O) groups is 1. The monoisotopic (exact) mass is 293 g/mol. The van der Waals surface area contributed by atoms with E-state index < -0.39 is 0 Å². The van der Waals surface area contributed by atoms with Gasteiger partial charge < -0.3 is 10.6 Å². The number of rotatable bonds is 6. The van der Waals surface area contributed by atoms with E-state index in [0.717, 1.165) is 5.82 Å². The maximum absolute atomic E-state index is 11.7. The second-order valence-electron chi connectivity index (χ2n) is 4.32. The standard InChI is InChI=1S/C13H16ClN5O/c1-19-9-16-12(18-19)5-6-15-8-13(20)17-11-4-2-3-10(14)7-11/h2-4,7,9,15H,5-6,8H2,1H3,(H,17,20). The van der Waals surface area contributed by atoms with Crippen LogP contribution >= 0.6 is 11.6 Å². The zero-order valence-corrected chi connectivity index (χ0v) is 11.9. The fourth-order valence-corrected chi connectivity index (χ4v) is 1.86. The van der Waals surface area contributed by atoms with Crippen LogP contribution in [0.5, 0.6) is 0 Å². The van der Waals surface area contributed by atoms with E-state index in [2.05, 4.69) is 20.7 Å².